The summed E-state index contributed by atoms with van der Waals surface area (Å²) in [5, 5.41) is 2.84. The van der Waals surface area contributed by atoms with E-state index in [2.05, 4.69) is 5.32 Å². The lowest BCUT2D eigenvalue weighted by molar-refractivity contribution is 0.390. The lowest BCUT2D eigenvalue weighted by Crippen LogP contribution is -2.24. The van der Waals surface area contributed by atoms with E-state index in [1.54, 1.807) is 0 Å². The first kappa shape index (κ1) is 15.8. The maximum Gasteiger partial charge on any atom is 0.150 e. The number of rotatable bonds is 6. The molecular weight excluding hydrogens is 268 g/mol. The van der Waals surface area contributed by atoms with Crippen LogP contribution in [0, 0.1) is 11.6 Å². The van der Waals surface area contributed by atoms with Gasteiger partial charge in [0.15, 0.2) is 0 Å². The van der Waals surface area contributed by atoms with Crippen molar-refractivity contribution in [2.24, 2.45) is 5.73 Å². The number of nitrogens with two attached hydrogens (primary N) is 1. The van der Waals surface area contributed by atoms with Crippen LogP contribution in [0.1, 0.15) is 18.9 Å². The van der Waals surface area contributed by atoms with E-state index in [0.29, 0.717) is 0 Å². The molecule has 1 aromatic carbocycles. The highest BCUT2D eigenvalue weighted by atomic mass is 32.1. The number of anilines is 1. The lowest BCUT2D eigenvalue weighted by Gasteiger charge is -2.19. The van der Waals surface area contributed by atoms with Gasteiger partial charge in [-0.25, -0.2) is 8.78 Å². The van der Waals surface area contributed by atoms with Gasteiger partial charge >= 0.3 is 0 Å². The topological polar surface area (TPSA) is 41.3 Å². The average Bonchev–Trinajstić information content (AvgIpc) is 2.30. The number of thiocarbonyl (C=S) groups is 1. The Balaban J connectivity index is 2.81. The minimum atomic E-state index is -0.681. The van der Waals surface area contributed by atoms with Crippen molar-refractivity contribution < 1.29 is 8.78 Å². The smallest absolute Gasteiger partial charge is 0.150 e. The highest BCUT2D eigenvalue weighted by molar-refractivity contribution is 7.80. The molecular formula is C13H19F2N3S. The fourth-order valence-corrected chi connectivity index (χ4v) is 1.74. The molecule has 1 atom stereocenters. The van der Waals surface area contributed by atoms with Crippen LogP contribution in [0.4, 0.5) is 14.5 Å². The Morgan fingerprint density at radius 3 is 2.32 bits per heavy atom. The molecule has 6 heteroatoms. The van der Waals surface area contributed by atoms with Crippen LogP contribution in [0.5, 0.6) is 0 Å². The molecule has 1 unspecified atom stereocenters. The number of nitrogens with one attached hydrogen (secondary N) is 1. The third-order valence-electron chi connectivity index (χ3n) is 2.73. The molecule has 0 aliphatic heterocycles. The van der Waals surface area contributed by atoms with E-state index in [-0.39, 0.29) is 22.3 Å². The third-order valence-corrected chi connectivity index (χ3v) is 2.96. The van der Waals surface area contributed by atoms with E-state index in [9.17, 15) is 8.78 Å². The summed E-state index contributed by atoms with van der Waals surface area (Å²) in [6, 6.07) is 2.25. The van der Waals surface area contributed by atoms with Crippen molar-refractivity contribution in [1.29, 1.82) is 0 Å². The van der Waals surface area contributed by atoms with Crippen molar-refractivity contribution in [3.8, 4) is 0 Å². The van der Waals surface area contributed by atoms with E-state index >= 15 is 0 Å². The molecule has 0 aliphatic rings. The maximum atomic E-state index is 13.8. The molecule has 0 saturated heterocycles. The van der Waals surface area contributed by atoms with Gasteiger partial charge in [0.2, 0.25) is 0 Å². The quantitative estimate of drug-likeness (QED) is 0.788. The second-order valence-corrected chi connectivity index (χ2v) is 5.26. The summed E-state index contributed by atoms with van der Waals surface area (Å²) in [4.78, 5) is 1.99. The summed E-state index contributed by atoms with van der Waals surface area (Å²) in [5.41, 5.74) is 5.41. The summed E-state index contributed by atoms with van der Waals surface area (Å²) in [7, 11) is 3.90. The van der Waals surface area contributed by atoms with Crippen LogP contribution >= 0.6 is 12.2 Å². The van der Waals surface area contributed by atoms with Gasteiger partial charge < -0.3 is 16.0 Å². The Kier molecular flexibility index (Phi) is 5.62. The maximum absolute atomic E-state index is 13.8. The van der Waals surface area contributed by atoms with Crippen LogP contribution in [0.15, 0.2) is 12.1 Å². The largest absolute Gasteiger partial charge is 0.389 e. The summed E-state index contributed by atoms with van der Waals surface area (Å²) >= 11 is 4.70. The molecule has 0 heterocycles. The van der Waals surface area contributed by atoms with Gasteiger partial charge in [0.25, 0.3) is 0 Å². The molecule has 0 radical (unpaired) electrons. The fraction of sp³-hybridized carbons (Fsp3) is 0.462. The first-order valence-electron chi connectivity index (χ1n) is 6.01. The van der Waals surface area contributed by atoms with Crippen molar-refractivity contribution in [3.05, 3.63) is 29.3 Å². The van der Waals surface area contributed by atoms with E-state index in [1.165, 1.54) is 0 Å². The first-order chi connectivity index (χ1) is 8.81. The molecule has 3 nitrogen and oxygen atoms in total. The highest BCUT2D eigenvalue weighted by Gasteiger charge is 2.14. The minimum Gasteiger partial charge on any atom is -0.389 e. The first-order valence-corrected chi connectivity index (χ1v) is 6.42. The van der Waals surface area contributed by atoms with Gasteiger partial charge in [-0.15, -0.1) is 0 Å². The van der Waals surface area contributed by atoms with E-state index in [0.717, 1.165) is 25.1 Å². The van der Waals surface area contributed by atoms with Crippen LogP contribution in [0.2, 0.25) is 0 Å². The third kappa shape index (κ3) is 4.72. The van der Waals surface area contributed by atoms with Gasteiger partial charge in [0.1, 0.15) is 22.3 Å². The zero-order valence-electron chi connectivity index (χ0n) is 11.3. The molecule has 0 saturated carbocycles. The van der Waals surface area contributed by atoms with Crippen molar-refractivity contribution in [2.75, 3.05) is 26.0 Å². The molecule has 1 aromatic rings. The Labute approximate surface area is 117 Å². The van der Waals surface area contributed by atoms with Gasteiger partial charge in [0.05, 0.1) is 0 Å². The lowest BCUT2D eigenvalue weighted by atomic mass is 10.1. The van der Waals surface area contributed by atoms with Gasteiger partial charge in [-0.3, -0.25) is 0 Å². The zero-order valence-corrected chi connectivity index (χ0v) is 12.2. The van der Waals surface area contributed by atoms with Crippen LogP contribution < -0.4 is 11.1 Å². The standard InChI is InChI=1S/C13H19F2N3S/c1-8(4-5-18(2)3)17-12-10(14)6-9(13(16)19)7-11(12)15/h6-8,17H,4-5H2,1-3H3,(H2,16,19). The van der Waals surface area contributed by atoms with E-state index in [1.807, 2.05) is 25.9 Å². The van der Waals surface area contributed by atoms with Crippen LogP contribution in [0.3, 0.4) is 0 Å². The Morgan fingerprint density at radius 2 is 1.89 bits per heavy atom. The van der Waals surface area contributed by atoms with Gasteiger partial charge in [-0.1, -0.05) is 12.2 Å². The molecule has 1 rings (SSSR count). The van der Waals surface area contributed by atoms with Crippen LogP contribution in [-0.2, 0) is 0 Å². The minimum absolute atomic E-state index is 0.0231. The monoisotopic (exact) mass is 287 g/mol. The number of hydrogen-bond donors (Lipinski definition) is 2. The van der Waals surface area contributed by atoms with Gasteiger partial charge in [-0.2, -0.15) is 0 Å². The molecule has 3 N–H and O–H groups in total. The molecule has 106 valence electrons. The molecule has 0 bridgehead atoms. The van der Waals surface area contributed by atoms with E-state index in [4.69, 9.17) is 18.0 Å². The van der Waals surface area contributed by atoms with Crippen LogP contribution in [-0.4, -0.2) is 36.6 Å². The van der Waals surface area contributed by atoms with Crippen LogP contribution in [0.25, 0.3) is 0 Å². The van der Waals surface area contributed by atoms with Gasteiger partial charge in [0, 0.05) is 11.6 Å². The van der Waals surface area contributed by atoms with Crippen molar-refractivity contribution in [3.63, 3.8) is 0 Å². The molecule has 0 aromatic heterocycles. The Morgan fingerprint density at radius 1 is 1.37 bits per heavy atom. The number of benzene rings is 1. The summed E-state index contributed by atoms with van der Waals surface area (Å²) in [6.07, 6.45) is 0.781. The van der Waals surface area contributed by atoms with Crippen molar-refractivity contribution >= 4 is 22.9 Å². The van der Waals surface area contributed by atoms with Crippen molar-refractivity contribution in [1.82, 2.24) is 4.90 Å². The fourth-order valence-electron chi connectivity index (χ4n) is 1.62. The second-order valence-electron chi connectivity index (χ2n) is 4.82. The number of halogens is 2. The molecule has 19 heavy (non-hydrogen) atoms. The summed E-state index contributed by atoms with van der Waals surface area (Å²) in [5.74, 6) is -1.36. The zero-order chi connectivity index (χ0) is 14.6. The predicted molar refractivity (Wildman–Crippen MR) is 78.5 cm³/mol. The van der Waals surface area contributed by atoms with Crippen molar-refractivity contribution in [2.45, 2.75) is 19.4 Å². The SMILES string of the molecule is CC(CCN(C)C)Nc1c(F)cc(C(N)=S)cc1F. The number of nitrogens with zero attached hydrogens (tertiary/aromatic N) is 1. The Bertz CT molecular complexity index is 440. The molecule has 0 spiro atoms. The normalized spacial score (nSPS) is 12.5. The van der Waals surface area contributed by atoms with E-state index < -0.39 is 11.6 Å². The summed E-state index contributed by atoms with van der Waals surface area (Å²) in [6.45, 7) is 2.71. The predicted octanol–water partition coefficient (Wildman–Crippen LogP) is 2.35. The number of hydrogen-bond acceptors (Lipinski definition) is 3. The summed E-state index contributed by atoms with van der Waals surface area (Å²) < 4.78 is 27.6. The molecule has 0 amide bonds. The van der Waals surface area contributed by atoms with Gasteiger partial charge in [-0.05, 0) is 46.1 Å². The highest BCUT2D eigenvalue weighted by Crippen LogP contribution is 2.22. The Hall–Kier alpha value is -1.27. The molecule has 0 fully saturated rings. The average molecular weight is 287 g/mol. The molecule has 0 aliphatic carbocycles. The second kappa shape index (κ2) is 6.77.